The normalized spacial score (nSPS) is 18.6. The van der Waals surface area contributed by atoms with E-state index in [1.165, 1.54) is 0 Å². The van der Waals surface area contributed by atoms with Crippen LogP contribution in [0.3, 0.4) is 0 Å². The molecule has 1 fully saturated rings. The summed E-state index contributed by atoms with van der Waals surface area (Å²) < 4.78 is 34.0. The van der Waals surface area contributed by atoms with Crippen LogP contribution in [-0.2, 0) is 25.5 Å². The molecule has 44 heavy (non-hydrogen) atoms. The van der Waals surface area contributed by atoms with E-state index in [0.717, 1.165) is 22.3 Å². The second-order valence-electron chi connectivity index (χ2n) is 15.8. The van der Waals surface area contributed by atoms with Gasteiger partial charge in [0.05, 0.1) is 10.5 Å². The third-order valence-corrected chi connectivity index (χ3v) is 11.1. The number of hydrogen-bond donors (Lipinski definition) is 2. The number of nitrogens with zero attached hydrogens (tertiary/aromatic N) is 2. The highest BCUT2D eigenvalue weighted by molar-refractivity contribution is 7.92. The molecule has 1 aliphatic rings. The van der Waals surface area contributed by atoms with Gasteiger partial charge in [0.1, 0.15) is 11.5 Å². The lowest BCUT2D eigenvalue weighted by Gasteiger charge is -2.46. The first-order valence-corrected chi connectivity index (χ1v) is 17.0. The third-order valence-electron chi connectivity index (χ3n) is 8.56. The molecule has 8 nitrogen and oxygen atoms in total. The van der Waals surface area contributed by atoms with Crippen molar-refractivity contribution in [2.45, 2.75) is 134 Å². The summed E-state index contributed by atoms with van der Waals surface area (Å²) in [7, 11) is -3.53. The Morgan fingerprint density at radius 3 is 2.00 bits per heavy atom. The van der Waals surface area contributed by atoms with Crippen LogP contribution in [0, 0.1) is 0 Å². The van der Waals surface area contributed by atoms with Gasteiger partial charge >= 0.3 is 12.2 Å². The first-order valence-electron chi connectivity index (χ1n) is 15.4. The van der Waals surface area contributed by atoms with Gasteiger partial charge in [-0.2, -0.15) is 4.79 Å². The number of rotatable bonds is 8. The van der Waals surface area contributed by atoms with Crippen LogP contribution in [0.5, 0.6) is 11.5 Å². The molecule has 0 aliphatic carbocycles. The summed E-state index contributed by atoms with van der Waals surface area (Å²) in [5, 5.41) is 13.2. The van der Waals surface area contributed by atoms with Crippen molar-refractivity contribution in [3.63, 3.8) is 0 Å². The van der Waals surface area contributed by atoms with E-state index in [-0.39, 0.29) is 28.2 Å². The van der Waals surface area contributed by atoms with Gasteiger partial charge in [-0.15, -0.1) is 0 Å². The number of piperidine rings is 1. The van der Waals surface area contributed by atoms with Gasteiger partial charge in [0.15, 0.2) is 9.84 Å². The molecule has 242 valence electrons. The van der Waals surface area contributed by atoms with Gasteiger partial charge in [0.25, 0.3) is 0 Å². The summed E-state index contributed by atoms with van der Waals surface area (Å²) in [6.45, 7) is 22.2. The average Bonchev–Trinajstić information content (AvgIpc) is 2.85. The highest BCUT2D eigenvalue weighted by atomic mass is 32.2. The van der Waals surface area contributed by atoms with Crippen molar-refractivity contribution in [2.24, 2.45) is 0 Å². The Bertz CT molecular complexity index is 1520. The maximum Gasteiger partial charge on any atom is 0.419 e. The van der Waals surface area contributed by atoms with Gasteiger partial charge in [0, 0.05) is 22.6 Å². The lowest BCUT2D eigenvalue weighted by molar-refractivity contribution is -0.130. The molecule has 0 radical (unpaired) electrons. The summed E-state index contributed by atoms with van der Waals surface area (Å²) in [5.41, 5.74) is 10.7. The molecule has 0 aromatic heterocycles. The van der Waals surface area contributed by atoms with Crippen LogP contribution in [0.2, 0.25) is 0 Å². The predicted molar refractivity (Wildman–Crippen MR) is 176 cm³/mol. The monoisotopic (exact) mass is 625 g/mol. The van der Waals surface area contributed by atoms with Crippen molar-refractivity contribution in [3.05, 3.63) is 64.2 Å². The maximum atomic E-state index is 14.2. The number of carbonyl (C=O) groups excluding carboxylic acids is 1. The zero-order valence-electron chi connectivity index (χ0n) is 28.3. The van der Waals surface area contributed by atoms with E-state index in [1.807, 2.05) is 72.7 Å². The Morgan fingerprint density at radius 2 is 1.50 bits per heavy atom. The molecule has 2 unspecified atom stereocenters. The lowest BCUT2D eigenvalue weighted by atomic mass is 9.79. The van der Waals surface area contributed by atoms with Crippen molar-refractivity contribution >= 4 is 22.0 Å². The zero-order chi connectivity index (χ0) is 33.5. The minimum Gasteiger partial charge on any atom is -0.508 e. The van der Waals surface area contributed by atoms with E-state index in [2.05, 4.69) is 37.8 Å². The highest BCUT2D eigenvalue weighted by Gasteiger charge is 2.45. The topological polar surface area (TPSA) is 129 Å². The fourth-order valence-corrected chi connectivity index (χ4v) is 9.13. The van der Waals surface area contributed by atoms with Crippen LogP contribution in [0.15, 0.2) is 36.4 Å². The second kappa shape index (κ2) is 12.4. The van der Waals surface area contributed by atoms with E-state index in [9.17, 15) is 18.3 Å². The number of phenols is 1. The molecule has 1 saturated heterocycles. The van der Waals surface area contributed by atoms with Gasteiger partial charge < -0.3 is 20.7 Å². The number of carbonyl (C=O) groups is 1. The Hall–Kier alpha value is -3.00. The summed E-state index contributed by atoms with van der Waals surface area (Å²) >= 11 is 0. The fourth-order valence-electron chi connectivity index (χ4n) is 6.71. The number of aromatic hydroxyl groups is 1. The van der Waals surface area contributed by atoms with Crippen molar-refractivity contribution in [1.82, 2.24) is 5.32 Å². The number of sulfone groups is 1. The summed E-state index contributed by atoms with van der Waals surface area (Å²) in [6, 6.07) is 11.1. The first kappa shape index (κ1) is 35.5. The van der Waals surface area contributed by atoms with Crippen LogP contribution in [0.1, 0.15) is 124 Å². The van der Waals surface area contributed by atoms with Gasteiger partial charge in [0.2, 0.25) is 0 Å². The van der Waals surface area contributed by atoms with Crippen LogP contribution >= 0.6 is 0 Å². The largest absolute Gasteiger partial charge is 0.508 e. The Balaban J connectivity index is 2.17. The van der Waals surface area contributed by atoms with Crippen LogP contribution in [0.4, 0.5) is 0 Å². The average molecular weight is 626 g/mol. The molecular weight excluding hydrogens is 574 g/mol. The Labute approximate surface area is 264 Å². The lowest BCUT2D eigenvalue weighted by Crippen LogP contribution is -2.61. The van der Waals surface area contributed by atoms with Gasteiger partial charge in [-0.25, -0.2) is 13.2 Å². The highest BCUT2D eigenvalue weighted by Crippen LogP contribution is 2.42. The minimum absolute atomic E-state index is 0.197. The second-order valence-corrected chi connectivity index (χ2v) is 18.5. The van der Waals surface area contributed by atoms with Crippen LogP contribution in [-0.4, -0.2) is 52.1 Å². The van der Waals surface area contributed by atoms with Crippen LogP contribution in [0.25, 0.3) is 5.53 Å². The maximum absolute atomic E-state index is 14.2. The summed E-state index contributed by atoms with van der Waals surface area (Å²) in [6.07, 6.45) is 2.10. The van der Waals surface area contributed by atoms with E-state index < -0.39 is 31.7 Å². The van der Waals surface area contributed by atoms with Gasteiger partial charge in [-0.1, -0.05) is 65.8 Å². The molecule has 0 bridgehead atoms. The summed E-state index contributed by atoms with van der Waals surface area (Å²) in [4.78, 5) is 14.9. The first-order chi connectivity index (χ1) is 20.0. The smallest absolute Gasteiger partial charge is 0.419 e. The van der Waals surface area contributed by atoms with E-state index >= 15 is 0 Å². The van der Waals surface area contributed by atoms with Gasteiger partial charge in [-0.05, 0) is 93.5 Å². The van der Waals surface area contributed by atoms with E-state index in [0.29, 0.717) is 31.2 Å². The van der Waals surface area contributed by atoms with Crippen LogP contribution < -0.4 is 10.1 Å². The number of esters is 1. The SMILES string of the molecule is CC(CC(c1ccc(O)c(C(C)(C)C)c1)c1ccc(OC(=O)C=[N+]=[N-])c(C(C)(C)C)c1)S(=O)(=O)C1CC(C)(C)NC(C)(C)C1. The molecule has 2 N–H and O–H groups in total. The molecule has 0 saturated carbocycles. The number of hydrogen-bond acceptors (Lipinski definition) is 6. The molecule has 2 aromatic rings. The molecular formula is C35H51N3O5S. The third kappa shape index (κ3) is 8.38. The van der Waals surface area contributed by atoms with Crippen molar-refractivity contribution < 1.29 is 27.8 Å². The Kier molecular flexibility index (Phi) is 10.0. The number of benzene rings is 2. The quantitative estimate of drug-likeness (QED) is 0.109. The molecule has 0 spiro atoms. The molecule has 1 heterocycles. The van der Waals surface area contributed by atoms with Crippen molar-refractivity contribution in [2.75, 3.05) is 0 Å². The zero-order valence-corrected chi connectivity index (χ0v) is 29.1. The van der Waals surface area contributed by atoms with Crippen molar-refractivity contribution in [1.29, 1.82) is 0 Å². The molecule has 1 aliphatic heterocycles. The van der Waals surface area contributed by atoms with Gasteiger partial charge in [-0.3, -0.25) is 0 Å². The van der Waals surface area contributed by atoms with Crippen molar-refractivity contribution in [3.8, 4) is 11.5 Å². The molecule has 2 aromatic carbocycles. The molecule has 2 atom stereocenters. The fraction of sp³-hybridized carbons (Fsp3) is 0.600. The number of phenolic OH excluding ortho intramolecular Hbond substituents is 1. The Morgan fingerprint density at radius 1 is 1.00 bits per heavy atom. The van der Waals surface area contributed by atoms with E-state index in [4.69, 9.17) is 10.3 Å². The molecule has 0 amide bonds. The minimum atomic E-state index is -3.53. The standard InChI is InChI=1S/C35H51N3O5S/c1-22(44(41,42)25-19-34(8,9)38-35(10,11)20-25)16-26(23-12-14-29(39)27(17-23)32(2,3)4)24-13-15-30(43-31(40)21-37-36)28(18-24)33(5,6)7/h12-15,17-18,21-22,25-26,38-39H,16,19-20H2,1-11H3. The predicted octanol–water partition coefficient (Wildman–Crippen LogP) is 6.83. The molecule has 9 heteroatoms. The van der Waals surface area contributed by atoms with E-state index in [1.54, 1.807) is 12.1 Å². The summed E-state index contributed by atoms with van der Waals surface area (Å²) in [5.74, 6) is -0.592. The number of ether oxygens (including phenoxy) is 1. The number of nitrogens with one attached hydrogen (secondary N) is 1. The molecule has 3 rings (SSSR count).